The third-order valence-electron chi connectivity index (χ3n) is 8.53. The van der Waals surface area contributed by atoms with Crippen LogP contribution in [0.5, 0.6) is 0 Å². The number of thioether (sulfide) groups is 2. The normalized spacial score (nSPS) is 11.4. The van der Waals surface area contributed by atoms with Crippen molar-refractivity contribution in [2.75, 3.05) is 11.5 Å². The Kier molecular flexibility index (Phi) is 17.6. The Hall–Kier alpha value is -7.40. The molecule has 342 valence electrons. The highest BCUT2D eigenvalue weighted by Gasteiger charge is 2.38. The van der Waals surface area contributed by atoms with Crippen molar-refractivity contribution >= 4 is 86.9 Å². The van der Waals surface area contributed by atoms with Crippen LogP contribution in [0.2, 0.25) is 0 Å². The van der Waals surface area contributed by atoms with Crippen molar-refractivity contribution in [2.45, 2.75) is 66.2 Å². The van der Waals surface area contributed by atoms with E-state index < -0.39 is 36.0 Å². The molecule has 6 aromatic rings. The number of halogens is 3. The molecule has 65 heavy (non-hydrogen) atoms. The second kappa shape index (κ2) is 22.8. The number of carbonyl (C=O) groups is 5. The molecule has 0 spiro atoms. The molecule has 0 saturated heterocycles. The average molecular weight is 939 g/mol. The number of hydrogen-bond donors (Lipinski definition) is 9. The van der Waals surface area contributed by atoms with E-state index in [1.54, 1.807) is 54.2 Å². The van der Waals surface area contributed by atoms with Gasteiger partial charge in [0.2, 0.25) is 11.9 Å². The lowest BCUT2D eigenvalue weighted by molar-refractivity contribution is -0.192. The van der Waals surface area contributed by atoms with Crippen LogP contribution in [0.4, 0.5) is 25.1 Å². The molecular weight excluding hydrogens is 898 g/mol. The second-order valence-corrected chi connectivity index (χ2v) is 16.1. The topological polar surface area (TPSA) is 314 Å². The fraction of sp³-hybridized carbons (Fsp3) is 0.214. The summed E-state index contributed by atoms with van der Waals surface area (Å²) in [7, 11) is 0. The number of aromatic nitrogens is 4. The molecular formula is C42H41F3N8O10S2. The molecule has 0 aliphatic carbocycles. The van der Waals surface area contributed by atoms with Crippen LogP contribution >= 0.6 is 23.5 Å². The molecule has 18 nitrogen and oxygen atoms in total. The number of fused-ring (bicyclic) bond motifs is 2. The summed E-state index contributed by atoms with van der Waals surface area (Å²) in [6.07, 6.45) is -5.65. The fourth-order valence-corrected chi connectivity index (χ4v) is 7.12. The van der Waals surface area contributed by atoms with Crippen LogP contribution in [0.1, 0.15) is 58.5 Å². The van der Waals surface area contributed by atoms with Gasteiger partial charge in [0.1, 0.15) is 6.04 Å². The van der Waals surface area contributed by atoms with Crippen molar-refractivity contribution in [3.05, 3.63) is 128 Å². The molecule has 0 bridgehead atoms. The number of benzene rings is 4. The number of carboxylic acids is 3. The maximum absolute atomic E-state index is 12.3. The lowest BCUT2D eigenvalue weighted by Crippen LogP contribution is -2.41. The number of H-pyrrole nitrogens is 2. The fourth-order valence-electron chi connectivity index (χ4n) is 5.44. The number of carbonyl (C=O) groups excluding carboxylic acids is 2. The van der Waals surface area contributed by atoms with E-state index in [9.17, 15) is 41.9 Å². The van der Waals surface area contributed by atoms with Crippen LogP contribution in [0, 0.1) is 0 Å². The lowest BCUT2D eigenvalue weighted by atomic mass is 10.1. The Bertz CT molecular complexity index is 2800. The van der Waals surface area contributed by atoms with Gasteiger partial charge in [-0.2, -0.15) is 13.2 Å². The third kappa shape index (κ3) is 15.7. The van der Waals surface area contributed by atoms with E-state index in [-0.39, 0.29) is 53.4 Å². The maximum atomic E-state index is 12.3. The second-order valence-electron chi connectivity index (χ2n) is 14.0. The van der Waals surface area contributed by atoms with E-state index in [1.807, 2.05) is 56.3 Å². The van der Waals surface area contributed by atoms with Crippen LogP contribution in [0.25, 0.3) is 21.8 Å². The molecule has 23 heteroatoms. The SMILES string of the molecule is CC(C)NC(=O)c1ccc(SCc2ccc3nc(N)[nH]c(=O)c3c2)cc1.Nc1nc2ccc(CSc3ccc(C(=O)NC(CCC(=O)O)C(=O)O)cc3)cc2c(=O)[nH]1.O=C(O)C(F)(F)F. The number of rotatable bonds is 14. The van der Waals surface area contributed by atoms with Crippen LogP contribution in [-0.2, 0) is 25.9 Å². The van der Waals surface area contributed by atoms with Gasteiger partial charge in [-0.05, 0) is 104 Å². The van der Waals surface area contributed by atoms with Crippen LogP contribution in [0.3, 0.4) is 0 Å². The van der Waals surface area contributed by atoms with Gasteiger partial charge in [0.25, 0.3) is 22.9 Å². The quantitative estimate of drug-likeness (QED) is 0.0616. The molecule has 2 heterocycles. The first-order valence-corrected chi connectivity index (χ1v) is 21.0. The Morgan fingerprint density at radius 1 is 0.677 bits per heavy atom. The average Bonchev–Trinajstić information content (AvgIpc) is 3.23. The summed E-state index contributed by atoms with van der Waals surface area (Å²) in [5.74, 6) is -4.40. The first kappa shape index (κ1) is 50.2. The smallest absolute Gasteiger partial charge is 0.481 e. The number of aliphatic carboxylic acids is 3. The molecule has 2 amide bonds. The number of aromatic amines is 2. The monoisotopic (exact) mass is 938 g/mol. The minimum Gasteiger partial charge on any atom is -0.481 e. The summed E-state index contributed by atoms with van der Waals surface area (Å²) in [5, 5.41) is 31.2. The van der Waals surface area contributed by atoms with Crippen molar-refractivity contribution in [3.8, 4) is 0 Å². The molecule has 6 rings (SSSR count). The van der Waals surface area contributed by atoms with Gasteiger partial charge >= 0.3 is 24.1 Å². The molecule has 0 radical (unpaired) electrons. The molecule has 11 N–H and O–H groups in total. The van der Waals surface area contributed by atoms with E-state index in [2.05, 4.69) is 30.6 Å². The van der Waals surface area contributed by atoms with Gasteiger partial charge < -0.3 is 37.4 Å². The Morgan fingerprint density at radius 3 is 1.43 bits per heavy atom. The van der Waals surface area contributed by atoms with Gasteiger partial charge in [0.05, 0.1) is 21.8 Å². The van der Waals surface area contributed by atoms with Gasteiger partial charge in [0.15, 0.2) is 0 Å². The van der Waals surface area contributed by atoms with Crippen molar-refractivity contribution < 1.29 is 52.5 Å². The lowest BCUT2D eigenvalue weighted by Gasteiger charge is -2.13. The van der Waals surface area contributed by atoms with Gasteiger partial charge in [-0.25, -0.2) is 19.6 Å². The zero-order valence-corrected chi connectivity index (χ0v) is 35.9. The minimum atomic E-state index is -5.08. The predicted molar refractivity (Wildman–Crippen MR) is 238 cm³/mol. The highest BCUT2D eigenvalue weighted by atomic mass is 32.2. The number of nitrogens with one attached hydrogen (secondary N) is 4. The van der Waals surface area contributed by atoms with Crippen molar-refractivity contribution in [3.63, 3.8) is 0 Å². The van der Waals surface area contributed by atoms with Crippen LogP contribution in [-0.4, -0.2) is 83.2 Å². The van der Waals surface area contributed by atoms with E-state index in [0.717, 1.165) is 20.9 Å². The van der Waals surface area contributed by atoms with Crippen molar-refractivity contribution in [1.82, 2.24) is 30.6 Å². The highest BCUT2D eigenvalue weighted by molar-refractivity contribution is 7.98. The summed E-state index contributed by atoms with van der Waals surface area (Å²) < 4.78 is 31.7. The first-order chi connectivity index (χ1) is 30.6. The summed E-state index contributed by atoms with van der Waals surface area (Å²) in [6, 6.07) is 23.8. The van der Waals surface area contributed by atoms with Crippen molar-refractivity contribution in [1.29, 1.82) is 0 Å². The molecule has 1 atom stereocenters. The molecule has 1 unspecified atom stereocenters. The van der Waals surface area contributed by atoms with E-state index in [0.29, 0.717) is 38.9 Å². The molecule has 2 aromatic heterocycles. The zero-order chi connectivity index (χ0) is 48.0. The number of anilines is 2. The number of nitrogens with two attached hydrogens (primary N) is 2. The highest BCUT2D eigenvalue weighted by Crippen LogP contribution is 2.26. The van der Waals surface area contributed by atoms with E-state index in [1.165, 1.54) is 11.8 Å². The number of carboxylic acid groups (broad SMARTS) is 3. The first-order valence-electron chi connectivity index (χ1n) is 19.0. The summed E-state index contributed by atoms with van der Waals surface area (Å²) in [4.78, 5) is 94.1. The molecule has 0 fully saturated rings. The number of amides is 2. The number of nitrogen functional groups attached to an aromatic ring is 2. The standard InChI is InChI=1S/C21H20N4O6S.C19H20N4O2S.C2HF3O2/c22-21-24-15-6-1-11(9-14(15)19(29)25-21)10-32-13-4-2-12(3-5-13)18(28)23-16(20(30)31)7-8-17(26)27;1-11(2)21-17(24)13-4-6-14(7-5-13)26-10-12-3-8-16-15(9-12)18(25)23-19(20)22-16;3-2(4,5)1(6)7/h1-6,9,16H,7-8,10H2,(H,23,28)(H,26,27)(H,30,31)(H3,22,24,25,29);3-9,11H,10H2,1-2H3,(H,21,24)(H3,20,22,23,25);(H,6,7). The number of hydrogen-bond acceptors (Lipinski definition) is 13. The number of nitrogens with zero attached hydrogens (tertiary/aromatic N) is 2. The molecule has 0 aliphatic rings. The van der Waals surface area contributed by atoms with Crippen LogP contribution in [0.15, 0.2) is 104 Å². The summed E-state index contributed by atoms with van der Waals surface area (Å²) >= 11 is 3.13. The van der Waals surface area contributed by atoms with Gasteiger partial charge in [0, 0.05) is 44.9 Å². The minimum absolute atomic E-state index is 0.0605. The molecule has 4 aromatic carbocycles. The van der Waals surface area contributed by atoms with Crippen LogP contribution < -0.4 is 33.2 Å². The maximum Gasteiger partial charge on any atom is 0.490 e. The van der Waals surface area contributed by atoms with E-state index in [4.69, 9.17) is 31.6 Å². The van der Waals surface area contributed by atoms with Gasteiger partial charge in [-0.1, -0.05) is 12.1 Å². The largest absolute Gasteiger partial charge is 0.490 e. The van der Waals surface area contributed by atoms with E-state index >= 15 is 0 Å². The van der Waals surface area contributed by atoms with Gasteiger partial charge in [-0.3, -0.25) is 33.9 Å². The molecule has 0 aliphatic heterocycles. The summed E-state index contributed by atoms with van der Waals surface area (Å²) in [6.45, 7) is 3.86. The van der Waals surface area contributed by atoms with Crippen molar-refractivity contribution in [2.24, 2.45) is 0 Å². The predicted octanol–water partition coefficient (Wildman–Crippen LogP) is 5.41. The Morgan fingerprint density at radius 2 is 1.08 bits per heavy atom. The Balaban J connectivity index is 0.000000252. The molecule has 0 saturated carbocycles. The number of alkyl halides is 3. The van der Waals surface area contributed by atoms with Gasteiger partial charge in [-0.15, -0.1) is 23.5 Å². The summed E-state index contributed by atoms with van der Waals surface area (Å²) in [5.41, 5.74) is 14.5. The third-order valence-corrected chi connectivity index (χ3v) is 10.7. The Labute approximate surface area is 374 Å². The zero-order valence-electron chi connectivity index (χ0n) is 34.3.